The van der Waals surface area contributed by atoms with Crippen LogP contribution < -0.4 is 19.5 Å². The molecule has 0 aliphatic carbocycles. The fourth-order valence-electron chi connectivity index (χ4n) is 6.39. The quantitative estimate of drug-likeness (QED) is 0.154. The summed E-state index contributed by atoms with van der Waals surface area (Å²) in [6.07, 6.45) is -2.01. The first-order valence-electron chi connectivity index (χ1n) is 17.3. The van der Waals surface area contributed by atoms with Crippen LogP contribution in [0.5, 0.6) is 17.4 Å². The second-order valence-electron chi connectivity index (χ2n) is 12.9. The van der Waals surface area contributed by atoms with Gasteiger partial charge in [-0.3, -0.25) is 0 Å². The number of rotatable bonds is 10. The number of pyridine rings is 1. The molecule has 0 spiro atoms. The number of carbonyl (C=O) groups is 1. The summed E-state index contributed by atoms with van der Waals surface area (Å²) in [6, 6.07) is 22.1. The molecule has 1 fully saturated rings. The van der Waals surface area contributed by atoms with Crippen LogP contribution in [0.3, 0.4) is 0 Å². The zero-order chi connectivity index (χ0) is 37.0. The smallest absolute Gasteiger partial charge is 0.401 e. The van der Waals surface area contributed by atoms with Crippen LogP contribution in [0, 0.1) is 11.3 Å². The number of aryl methyl sites for hydroxylation is 1. The van der Waals surface area contributed by atoms with Crippen molar-refractivity contribution in [2.45, 2.75) is 51.1 Å². The number of nitrogens with one attached hydrogen (secondary N) is 1. The lowest BCUT2D eigenvalue weighted by atomic mass is 10.0. The summed E-state index contributed by atoms with van der Waals surface area (Å²) < 4.78 is 64.1. The number of halogens is 3. The van der Waals surface area contributed by atoms with Crippen molar-refractivity contribution < 1.29 is 42.0 Å². The van der Waals surface area contributed by atoms with Gasteiger partial charge in [-0.2, -0.15) is 18.4 Å². The summed E-state index contributed by atoms with van der Waals surface area (Å²) >= 11 is 0. The fourth-order valence-corrected chi connectivity index (χ4v) is 6.39. The van der Waals surface area contributed by atoms with Crippen molar-refractivity contribution in [3.8, 4) is 34.7 Å². The third kappa shape index (κ3) is 8.54. The minimum Gasteiger partial charge on any atom is -0.493 e. The molecular weight excluding hydrogens is 691 g/mol. The maximum absolute atomic E-state index is 12.7. The van der Waals surface area contributed by atoms with E-state index in [1.54, 1.807) is 12.1 Å². The van der Waals surface area contributed by atoms with Crippen LogP contribution in [0.2, 0.25) is 0 Å². The number of aromatic nitrogens is 3. The number of hydrogen-bond acceptors (Lipinski definition) is 9. The van der Waals surface area contributed by atoms with Crippen LogP contribution >= 0.6 is 0 Å². The maximum Gasteiger partial charge on any atom is 0.401 e. The highest BCUT2D eigenvalue weighted by Crippen LogP contribution is 2.34. The van der Waals surface area contributed by atoms with E-state index in [0.717, 1.165) is 28.7 Å². The van der Waals surface area contributed by atoms with Crippen molar-refractivity contribution in [3.05, 3.63) is 100 Å². The molecule has 4 bridgehead atoms. The molecule has 1 saturated heterocycles. The molecule has 53 heavy (non-hydrogen) atoms. The number of nitrogens with zero attached hydrogens (tertiary/aromatic N) is 4. The molecule has 3 aromatic carbocycles. The molecule has 2 aliphatic rings. The van der Waals surface area contributed by atoms with Gasteiger partial charge in [0.2, 0.25) is 5.88 Å². The number of nitriles is 1. The van der Waals surface area contributed by atoms with Gasteiger partial charge in [-0.1, -0.05) is 24.3 Å². The molecule has 2 aromatic heterocycles. The van der Waals surface area contributed by atoms with E-state index in [9.17, 15) is 28.3 Å². The second-order valence-corrected chi connectivity index (χ2v) is 12.9. The molecule has 0 unspecified atom stereocenters. The largest absolute Gasteiger partial charge is 0.493 e. The molecule has 0 radical (unpaired) electrons. The van der Waals surface area contributed by atoms with E-state index in [0.29, 0.717) is 85.4 Å². The molecule has 4 heterocycles. The molecule has 1 atom stereocenters. The first-order chi connectivity index (χ1) is 25.6. The number of fused-ring (bicyclic) bond motifs is 7. The Morgan fingerprint density at radius 3 is 2.70 bits per heavy atom. The molecule has 274 valence electrons. The zero-order valence-corrected chi connectivity index (χ0v) is 28.6. The zero-order valence-electron chi connectivity index (χ0n) is 28.6. The average molecular weight is 728 g/mol. The van der Waals surface area contributed by atoms with Gasteiger partial charge in [0.15, 0.2) is 0 Å². The van der Waals surface area contributed by atoms with Gasteiger partial charge in [0.05, 0.1) is 54.2 Å². The molecule has 2 aliphatic heterocycles. The first kappa shape index (κ1) is 35.7. The van der Waals surface area contributed by atoms with Gasteiger partial charge >= 0.3 is 12.1 Å². The normalized spacial score (nSPS) is 15.6. The van der Waals surface area contributed by atoms with Gasteiger partial charge in [-0.15, -0.1) is 0 Å². The van der Waals surface area contributed by atoms with E-state index < -0.39 is 18.7 Å². The third-order valence-corrected chi connectivity index (χ3v) is 9.18. The fraction of sp³-hybridized carbons (Fsp3) is 0.333. The Bertz CT molecular complexity index is 2180. The highest BCUT2D eigenvalue weighted by molar-refractivity contribution is 5.95. The minimum absolute atomic E-state index is 0.0401. The number of ether oxygens (including phenoxy) is 4. The first-order valence-corrected chi connectivity index (χ1v) is 17.3. The van der Waals surface area contributed by atoms with Crippen molar-refractivity contribution in [2.75, 3.05) is 32.9 Å². The Balaban J connectivity index is 1.23. The lowest BCUT2D eigenvalue weighted by molar-refractivity contribution is -0.124. The Morgan fingerprint density at radius 1 is 1.06 bits per heavy atom. The van der Waals surface area contributed by atoms with Gasteiger partial charge in [0.1, 0.15) is 36.1 Å². The van der Waals surface area contributed by atoms with Crippen LogP contribution in [-0.4, -0.2) is 70.8 Å². The summed E-state index contributed by atoms with van der Waals surface area (Å²) in [5.74, 6) is 0.668. The molecule has 11 nitrogen and oxygen atoms in total. The molecule has 2 N–H and O–H groups in total. The van der Waals surface area contributed by atoms with Crippen molar-refractivity contribution in [1.82, 2.24) is 19.9 Å². The molecular formula is C39H36F3N5O6. The molecule has 7 rings (SSSR count). The number of alkyl halides is 3. The van der Waals surface area contributed by atoms with Crippen molar-refractivity contribution in [1.29, 1.82) is 5.26 Å². The second kappa shape index (κ2) is 15.5. The van der Waals surface area contributed by atoms with Gasteiger partial charge < -0.3 is 33.9 Å². The van der Waals surface area contributed by atoms with Crippen LogP contribution in [0.4, 0.5) is 13.2 Å². The van der Waals surface area contributed by atoms with Gasteiger partial charge in [-0.25, -0.2) is 14.8 Å². The monoisotopic (exact) mass is 727 g/mol. The molecule has 0 amide bonds. The number of carboxylic acid groups (broad SMARTS) is 1. The topological polar surface area (TPSA) is 141 Å². The summed E-state index contributed by atoms with van der Waals surface area (Å²) in [5.41, 5.74) is 5.73. The van der Waals surface area contributed by atoms with Gasteiger partial charge in [0, 0.05) is 36.8 Å². The van der Waals surface area contributed by atoms with Crippen molar-refractivity contribution in [3.63, 3.8) is 0 Å². The van der Waals surface area contributed by atoms with Gasteiger partial charge in [0.25, 0.3) is 0 Å². The van der Waals surface area contributed by atoms with E-state index in [2.05, 4.69) is 11.4 Å². The van der Waals surface area contributed by atoms with Crippen molar-refractivity contribution >= 4 is 17.0 Å². The Labute approximate surface area is 302 Å². The number of hydrogen-bond donors (Lipinski definition) is 2. The van der Waals surface area contributed by atoms with E-state index >= 15 is 0 Å². The summed E-state index contributed by atoms with van der Waals surface area (Å²) in [7, 11) is 0. The van der Waals surface area contributed by atoms with Crippen molar-refractivity contribution in [2.24, 2.45) is 0 Å². The SMILES string of the molecule is N#Cc1ccc2c(c1)CCCOc1cc(ccc1Cc1nc3c(OCCNCC(F)(F)F)cc(C(=O)O)cc3n1C[C@@H]1CCO1)-c1cccc(n1)OC2. The van der Waals surface area contributed by atoms with E-state index in [-0.39, 0.29) is 30.6 Å². The van der Waals surface area contributed by atoms with Crippen LogP contribution in [0.25, 0.3) is 22.3 Å². The minimum atomic E-state index is -4.37. The highest BCUT2D eigenvalue weighted by atomic mass is 19.4. The Kier molecular flexibility index (Phi) is 10.5. The summed E-state index contributed by atoms with van der Waals surface area (Å²) in [6.45, 7) is 0.314. The van der Waals surface area contributed by atoms with E-state index in [1.807, 2.05) is 47.0 Å². The lowest BCUT2D eigenvalue weighted by Gasteiger charge is -2.27. The van der Waals surface area contributed by atoms with E-state index in [4.69, 9.17) is 28.9 Å². The molecule has 0 saturated carbocycles. The number of aromatic carboxylic acids is 1. The number of carboxylic acids is 1. The highest BCUT2D eigenvalue weighted by Gasteiger charge is 2.27. The van der Waals surface area contributed by atoms with Crippen LogP contribution in [0.15, 0.2) is 66.7 Å². The predicted octanol–water partition coefficient (Wildman–Crippen LogP) is 6.48. The third-order valence-electron chi connectivity index (χ3n) is 9.18. The van der Waals surface area contributed by atoms with E-state index in [1.165, 1.54) is 12.1 Å². The molecule has 5 aromatic rings. The average Bonchev–Trinajstić information content (AvgIpc) is 3.47. The lowest BCUT2D eigenvalue weighted by Crippen LogP contribution is -2.32. The predicted molar refractivity (Wildman–Crippen MR) is 187 cm³/mol. The summed E-state index contributed by atoms with van der Waals surface area (Å²) in [5, 5.41) is 21.7. The Hall–Kier alpha value is -5.65. The molecule has 14 heteroatoms. The Morgan fingerprint density at radius 2 is 1.92 bits per heavy atom. The number of benzene rings is 3. The summed E-state index contributed by atoms with van der Waals surface area (Å²) in [4.78, 5) is 21.9. The number of imidazole rings is 1. The standard InChI is InChI=1S/C39H36F3N5O6/c40-39(41,42)23-44-11-14-52-34-18-29(38(48)49)16-32-37(34)46-35(47(32)21-30-10-13-50-30)19-27-9-8-26-17-33(27)51-12-2-3-25-15-24(20-43)6-7-28(25)22-53-36-5-1-4-31(26)45-36/h1,4-9,15-18,30,44H,2-3,10-14,19,21-23H2,(H,48,49)/t30-/m0/s1. The van der Waals surface area contributed by atoms with Crippen LogP contribution in [0.1, 0.15) is 51.3 Å². The van der Waals surface area contributed by atoms with Gasteiger partial charge in [-0.05, 0) is 66.8 Å². The van der Waals surface area contributed by atoms with Crippen LogP contribution in [-0.2, 0) is 30.7 Å². The maximum atomic E-state index is 12.7.